The number of carbonyl (C=O) groups is 2. The third-order valence-corrected chi connectivity index (χ3v) is 4.60. The van der Waals surface area contributed by atoms with Crippen LogP contribution in [0.1, 0.15) is 43.0 Å². The van der Waals surface area contributed by atoms with Crippen molar-refractivity contribution in [3.63, 3.8) is 0 Å². The maximum absolute atomic E-state index is 12.8. The fourth-order valence-electron chi connectivity index (χ4n) is 3.24. The lowest BCUT2D eigenvalue weighted by atomic mass is 9.83. The highest BCUT2D eigenvalue weighted by molar-refractivity contribution is 6.28. The second-order valence-electron chi connectivity index (χ2n) is 6.26. The summed E-state index contributed by atoms with van der Waals surface area (Å²) in [4.78, 5) is 25.5. The lowest BCUT2D eigenvalue weighted by Gasteiger charge is -2.20. The highest BCUT2D eigenvalue weighted by Gasteiger charge is 2.29. The van der Waals surface area contributed by atoms with Crippen LogP contribution in [0.25, 0.3) is 0 Å². The molecule has 1 aliphatic rings. The third kappa shape index (κ3) is 2.64. The largest absolute Gasteiger partial charge is 0.381 e. The van der Waals surface area contributed by atoms with Gasteiger partial charge in [0.25, 0.3) is 0 Å². The van der Waals surface area contributed by atoms with Crippen molar-refractivity contribution in [2.75, 3.05) is 5.32 Å². The normalized spacial score (nSPS) is 12.5. The first-order chi connectivity index (χ1) is 12.1. The SMILES string of the molecule is Cc1cc2c(cc1NCc1ccccc1)C(=O)c1ccccc1C2=O. The van der Waals surface area contributed by atoms with Crippen LogP contribution in [0.4, 0.5) is 5.69 Å². The van der Waals surface area contributed by atoms with Crippen LogP contribution in [0, 0.1) is 6.92 Å². The summed E-state index contributed by atoms with van der Waals surface area (Å²) in [5.74, 6) is -0.170. The van der Waals surface area contributed by atoms with Gasteiger partial charge in [-0.25, -0.2) is 0 Å². The van der Waals surface area contributed by atoms with Gasteiger partial charge in [-0.15, -0.1) is 0 Å². The molecule has 0 amide bonds. The highest BCUT2D eigenvalue weighted by Crippen LogP contribution is 2.31. The second kappa shape index (κ2) is 6.02. The Morgan fingerprint density at radius 1 is 0.720 bits per heavy atom. The van der Waals surface area contributed by atoms with E-state index in [1.807, 2.05) is 49.4 Å². The smallest absolute Gasteiger partial charge is 0.194 e. The Morgan fingerprint density at radius 2 is 1.28 bits per heavy atom. The van der Waals surface area contributed by atoms with Gasteiger partial charge in [-0.1, -0.05) is 54.6 Å². The summed E-state index contributed by atoms with van der Waals surface area (Å²) >= 11 is 0. The molecule has 0 radical (unpaired) electrons. The van der Waals surface area contributed by atoms with E-state index in [0.29, 0.717) is 28.8 Å². The molecule has 1 N–H and O–H groups in total. The first-order valence-electron chi connectivity index (χ1n) is 8.26. The van der Waals surface area contributed by atoms with Crippen molar-refractivity contribution >= 4 is 17.3 Å². The van der Waals surface area contributed by atoms with Crippen LogP contribution >= 0.6 is 0 Å². The molecule has 3 nitrogen and oxygen atoms in total. The van der Waals surface area contributed by atoms with Gasteiger partial charge in [0.1, 0.15) is 0 Å². The zero-order valence-corrected chi connectivity index (χ0v) is 13.9. The lowest BCUT2D eigenvalue weighted by molar-refractivity contribution is 0.0979. The molecule has 0 aromatic heterocycles. The molecule has 122 valence electrons. The second-order valence-corrected chi connectivity index (χ2v) is 6.26. The summed E-state index contributed by atoms with van der Waals surface area (Å²) in [5, 5.41) is 3.38. The molecular weight excluding hydrogens is 310 g/mol. The minimum absolute atomic E-state index is 0.0806. The summed E-state index contributed by atoms with van der Waals surface area (Å²) < 4.78 is 0. The van der Waals surface area contributed by atoms with E-state index >= 15 is 0 Å². The number of rotatable bonds is 3. The van der Waals surface area contributed by atoms with Crippen molar-refractivity contribution in [1.29, 1.82) is 0 Å². The molecule has 0 fully saturated rings. The summed E-state index contributed by atoms with van der Waals surface area (Å²) in [6.45, 7) is 2.62. The standard InChI is InChI=1S/C22H17NO2/c1-14-11-18-19(12-20(14)23-13-15-7-3-2-4-8-15)22(25)17-10-6-5-9-16(17)21(18)24/h2-12,23H,13H2,1H3. The molecule has 0 saturated carbocycles. The third-order valence-electron chi connectivity index (χ3n) is 4.60. The average molecular weight is 327 g/mol. The molecule has 0 unspecified atom stereocenters. The summed E-state index contributed by atoms with van der Waals surface area (Å²) in [5.41, 5.74) is 4.93. The van der Waals surface area contributed by atoms with E-state index in [-0.39, 0.29) is 11.6 Å². The van der Waals surface area contributed by atoms with E-state index in [1.54, 1.807) is 24.3 Å². The fourth-order valence-corrected chi connectivity index (χ4v) is 3.24. The van der Waals surface area contributed by atoms with Crippen LogP contribution < -0.4 is 5.32 Å². The van der Waals surface area contributed by atoms with Gasteiger partial charge >= 0.3 is 0 Å². The predicted octanol–water partition coefficient (Wildman–Crippen LogP) is 4.38. The first kappa shape index (κ1) is 15.3. The number of carbonyl (C=O) groups excluding carboxylic acids is 2. The van der Waals surface area contributed by atoms with E-state index in [4.69, 9.17) is 0 Å². The Morgan fingerprint density at radius 3 is 1.92 bits per heavy atom. The summed E-state index contributed by atoms with van der Waals surface area (Å²) in [6.07, 6.45) is 0. The first-order valence-corrected chi connectivity index (χ1v) is 8.26. The van der Waals surface area contributed by atoms with Crippen LogP contribution in [0.15, 0.2) is 66.7 Å². The number of hydrogen-bond donors (Lipinski definition) is 1. The molecule has 0 saturated heterocycles. The molecule has 0 spiro atoms. The summed E-state index contributed by atoms with van der Waals surface area (Å²) in [6, 6.07) is 20.7. The Balaban J connectivity index is 1.71. The van der Waals surface area contributed by atoms with Gasteiger partial charge in [0.15, 0.2) is 11.6 Å². The van der Waals surface area contributed by atoms with Crippen molar-refractivity contribution in [2.24, 2.45) is 0 Å². The van der Waals surface area contributed by atoms with E-state index in [9.17, 15) is 9.59 Å². The number of benzene rings is 3. The maximum Gasteiger partial charge on any atom is 0.194 e. The van der Waals surface area contributed by atoms with Crippen molar-refractivity contribution < 1.29 is 9.59 Å². The maximum atomic E-state index is 12.8. The van der Waals surface area contributed by atoms with Gasteiger partial charge in [-0.05, 0) is 30.2 Å². The molecule has 0 bridgehead atoms. The van der Waals surface area contributed by atoms with Gasteiger partial charge in [-0.2, -0.15) is 0 Å². The van der Waals surface area contributed by atoms with E-state index < -0.39 is 0 Å². The van der Waals surface area contributed by atoms with Crippen molar-refractivity contribution in [2.45, 2.75) is 13.5 Å². The zero-order valence-electron chi connectivity index (χ0n) is 13.9. The van der Waals surface area contributed by atoms with Gasteiger partial charge in [0.05, 0.1) is 0 Å². The van der Waals surface area contributed by atoms with Gasteiger partial charge in [0, 0.05) is 34.5 Å². The molecular formula is C22H17NO2. The summed E-state index contributed by atoms with van der Waals surface area (Å²) in [7, 11) is 0. The molecule has 4 rings (SSSR count). The molecule has 3 heteroatoms. The molecule has 0 atom stereocenters. The number of anilines is 1. The molecule has 25 heavy (non-hydrogen) atoms. The molecule has 0 aliphatic heterocycles. The minimum Gasteiger partial charge on any atom is -0.381 e. The number of aryl methyl sites for hydroxylation is 1. The van der Waals surface area contributed by atoms with Gasteiger partial charge in [0.2, 0.25) is 0 Å². The number of fused-ring (bicyclic) bond motifs is 2. The quantitative estimate of drug-likeness (QED) is 0.607. The van der Waals surface area contributed by atoms with E-state index in [2.05, 4.69) is 5.32 Å². The lowest BCUT2D eigenvalue weighted by Crippen LogP contribution is -2.21. The van der Waals surface area contributed by atoms with Crippen LogP contribution in [0.3, 0.4) is 0 Å². The van der Waals surface area contributed by atoms with Crippen LogP contribution in [0.5, 0.6) is 0 Å². The van der Waals surface area contributed by atoms with Crippen molar-refractivity contribution in [3.8, 4) is 0 Å². The van der Waals surface area contributed by atoms with Gasteiger partial charge in [-0.3, -0.25) is 9.59 Å². The molecule has 0 heterocycles. The number of ketones is 2. The average Bonchev–Trinajstić information content (AvgIpc) is 2.65. The highest BCUT2D eigenvalue weighted by atomic mass is 16.1. The molecule has 3 aromatic rings. The minimum atomic E-state index is -0.0899. The van der Waals surface area contributed by atoms with E-state index in [1.165, 1.54) is 0 Å². The molecule has 1 aliphatic carbocycles. The Hall–Kier alpha value is -3.20. The van der Waals surface area contributed by atoms with Gasteiger partial charge < -0.3 is 5.32 Å². The predicted molar refractivity (Wildman–Crippen MR) is 98.3 cm³/mol. The van der Waals surface area contributed by atoms with Crippen LogP contribution in [-0.2, 0) is 6.54 Å². The monoisotopic (exact) mass is 327 g/mol. The Bertz CT molecular complexity index is 990. The van der Waals surface area contributed by atoms with Crippen LogP contribution in [-0.4, -0.2) is 11.6 Å². The number of hydrogen-bond acceptors (Lipinski definition) is 3. The Labute approximate surface area is 146 Å². The molecule has 3 aromatic carbocycles. The van der Waals surface area contributed by atoms with Crippen LogP contribution in [0.2, 0.25) is 0 Å². The van der Waals surface area contributed by atoms with E-state index in [0.717, 1.165) is 16.8 Å². The zero-order chi connectivity index (χ0) is 17.4. The Kier molecular flexibility index (Phi) is 3.69. The topological polar surface area (TPSA) is 46.2 Å². The number of nitrogens with one attached hydrogen (secondary N) is 1. The fraction of sp³-hybridized carbons (Fsp3) is 0.0909. The van der Waals surface area contributed by atoms with Crippen molar-refractivity contribution in [1.82, 2.24) is 0 Å². The van der Waals surface area contributed by atoms with Crippen molar-refractivity contribution in [3.05, 3.63) is 100 Å².